The normalized spacial score (nSPS) is 13.2. The first-order valence-corrected chi connectivity index (χ1v) is 31.6. The zero-order valence-corrected chi connectivity index (χ0v) is 52.5. The van der Waals surface area contributed by atoms with E-state index in [-0.39, 0.29) is 63.5 Å². The highest BCUT2D eigenvalue weighted by Crippen LogP contribution is 2.20. The number of rotatable bonds is 46. The van der Waals surface area contributed by atoms with Crippen molar-refractivity contribution in [2.24, 2.45) is 27.3 Å². The van der Waals surface area contributed by atoms with Crippen LogP contribution in [0.5, 0.6) is 0 Å². The fourth-order valence-corrected chi connectivity index (χ4v) is 9.70. The molecule has 2 heterocycles. The van der Waals surface area contributed by atoms with Gasteiger partial charge in [0.1, 0.15) is 49.0 Å². The molecule has 26 nitrogen and oxygen atoms in total. The third-order valence-corrected chi connectivity index (χ3v) is 14.8. The molecule has 0 aliphatic rings. The molecule has 0 saturated heterocycles. The van der Waals surface area contributed by atoms with Gasteiger partial charge in [-0.05, 0) is 81.9 Å². The number of nitrogens with one attached hydrogen (secondary N) is 11. The number of hydrogen-bond acceptors (Lipinski definition) is 13. The molecular formula is C64H97N17O9. The van der Waals surface area contributed by atoms with Crippen LogP contribution in [0.2, 0.25) is 0 Å². The van der Waals surface area contributed by atoms with E-state index in [4.69, 9.17) is 17.2 Å². The summed E-state index contributed by atoms with van der Waals surface area (Å²) in [6.45, 7) is 5.95. The van der Waals surface area contributed by atoms with Crippen molar-refractivity contribution in [2.75, 3.05) is 26.2 Å². The van der Waals surface area contributed by atoms with Crippen LogP contribution in [0, 0.1) is 0 Å². The van der Waals surface area contributed by atoms with Crippen molar-refractivity contribution in [1.82, 2.24) is 62.9 Å². The summed E-state index contributed by atoms with van der Waals surface area (Å²) in [6.07, 6.45) is 25.3. The van der Waals surface area contributed by atoms with E-state index in [2.05, 4.69) is 92.1 Å². The largest absolute Gasteiger partial charge is 0.370 e. The number of allylic oxidation sites excluding steroid dienone is 2. The number of fused-ring (bicyclic) bond motifs is 1. The van der Waals surface area contributed by atoms with Crippen molar-refractivity contribution in [3.63, 3.8) is 0 Å². The Morgan fingerprint density at radius 1 is 0.578 bits per heavy atom. The van der Waals surface area contributed by atoms with Crippen LogP contribution in [-0.2, 0) is 62.4 Å². The monoisotopic (exact) mass is 1250 g/mol. The summed E-state index contributed by atoms with van der Waals surface area (Å²) in [4.78, 5) is 135. The number of carbonyl (C=O) groups excluding carboxylic acids is 9. The molecule has 6 atom stereocenters. The van der Waals surface area contributed by atoms with Gasteiger partial charge in [0.15, 0.2) is 5.96 Å². The maximum atomic E-state index is 14.5. The third kappa shape index (κ3) is 29.7. The van der Waals surface area contributed by atoms with Gasteiger partial charge in [-0.2, -0.15) is 5.10 Å². The second kappa shape index (κ2) is 42.7. The van der Waals surface area contributed by atoms with Gasteiger partial charge in [-0.1, -0.05) is 126 Å². The fourth-order valence-electron chi connectivity index (χ4n) is 9.70. The van der Waals surface area contributed by atoms with Gasteiger partial charge in [0.05, 0.1) is 6.33 Å². The number of para-hydroxylation sites is 1. The quantitative estimate of drug-likeness (QED) is 0.00996. The predicted molar refractivity (Wildman–Crippen MR) is 348 cm³/mol. The second-order valence-electron chi connectivity index (χ2n) is 22.3. The Morgan fingerprint density at radius 3 is 1.88 bits per heavy atom. The van der Waals surface area contributed by atoms with Crippen LogP contribution in [0.25, 0.3) is 10.9 Å². The molecule has 90 heavy (non-hydrogen) atoms. The van der Waals surface area contributed by atoms with E-state index in [1.165, 1.54) is 58.0 Å². The van der Waals surface area contributed by atoms with Crippen molar-refractivity contribution < 1.29 is 43.2 Å². The number of imidazole rings is 1. The lowest BCUT2D eigenvalue weighted by atomic mass is 10.0. The van der Waals surface area contributed by atoms with Crippen molar-refractivity contribution in [1.29, 1.82) is 0 Å². The summed E-state index contributed by atoms with van der Waals surface area (Å²) in [5.74, 6) is -5.91. The first-order valence-electron chi connectivity index (χ1n) is 31.6. The number of aromatic amines is 2. The molecule has 4 aromatic rings. The Hall–Kier alpha value is -9.10. The Bertz CT molecular complexity index is 2930. The molecule has 2 aromatic carbocycles. The third-order valence-electron chi connectivity index (χ3n) is 14.8. The number of amides is 9. The van der Waals surface area contributed by atoms with E-state index in [0.717, 1.165) is 54.8 Å². The van der Waals surface area contributed by atoms with Crippen LogP contribution in [0.4, 0.5) is 0 Å². The van der Waals surface area contributed by atoms with E-state index in [1.807, 2.05) is 31.2 Å². The minimum absolute atomic E-state index is 0.000333. The van der Waals surface area contributed by atoms with Crippen LogP contribution in [-0.4, -0.2) is 143 Å². The molecular weight excluding hydrogens is 1150 g/mol. The first kappa shape index (κ1) is 73.4. The van der Waals surface area contributed by atoms with Gasteiger partial charge in [-0.25, -0.2) is 4.98 Å². The van der Waals surface area contributed by atoms with Crippen LogP contribution in [0.1, 0.15) is 153 Å². The van der Waals surface area contributed by atoms with Gasteiger partial charge in [-0.15, -0.1) is 0 Å². The van der Waals surface area contributed by atoms with Crippen LogP contribution in [0.15, 0.2) is 95.6 Å². The number of unbranched alkanes of at least 4 members (excludes halogenated alkanes) is 10. The Labute approximate surface area is 528 Å². The maximum absolute atomic E-state index is 14.5. The van der Waals surface area contributed by atoms with E-state index in [1.54, 1.807) is 36.5 Å². The van der Waals surface area contributed by atoms with Crippen molar-refractivity contribution in [2.45, 2.75) is 192 Å². The number of benzene rings is 2. The van der Waals surface area contributed by atoms with Gasteiger partial charge in [0.2, 0.25) is 47.3 Å². The minimum atomic E-state index is -1.36. The number of hydrogen-bond donors (Lipinski definition) is 14. The lowest BCUT2D eigenvalue weighted by Crippen LogP contribution is -2.60. The molecule has 0 aliphatic heterocycles. The van der Waals surface area contributed by atoms with Crippen LogP contribution < -0.4 is 65.2 Å². The number of H-pyrrole nitrogens is 2. The molecule has 0 spiro atoms. The molecule has 2 aromatic heterocycles. The molecule has 0 bridgehead atoms. The van der Waals surface area contributed by atoms with Gasteiger partial charge in [-0.3, -0.25) is 48.1 Å². The van der Waals surface area contributed by atoms with Crippen molar-refractivity contribution >= 4 is 76.2 Å². The Morgan fingerprint density at radius 2 is 1.18 bits per heavy atom. The maximum Gasteiger partial charge on any atom is 0.264 e. The smallest absolute Gasteiger partial charge is 0.264 e. The van der Waals surface area contributed by atoms with Gasteiger partial charge >= 0.3 is 0 Å². The van der Waals surface area contributed by atoms with Crippen LogP contribution in [0.3, 0.4) is 0 Å². The number of carbonyl (C=O) groups is 9. The molecule has 0 saturated carbocycles. The number of aromatic nitrogens is 3. The molecule has 9 amide bonds. The van der Waals surface area contributed by atoms with Crippen molar-refractivity contribution in [3.05, 3.63) is 102 Å². The number of nitrogens with two attached hydrogens (primary N) is 3. The zero-order chi connectivity index (χ0) is 65.3. The molecule has 0 aliphatic carbocycles. The van der Waals surface area contributed by atoms with E-state index < -0.39 is 83.5 Å². The highest BCUT2D eigenvalue weighted by Gasteiger charge is 2.33. The first-order chi connectivity index (χ1) is 43.5. The van der Waals surface area contributed by atoms with E-state index in [0.29, 0.717) is 50.0 Å². The van der Waals surface area contributed by atoms with E-state index in [9.17, 15) is 43.2 Å². The number of nitrogens with zero attached hydrogens (tertiary/aromatic N) is 3. The number of aliphatic imine (C=N–C) groups is 1. The van der Waals surface area contributed by atoms with Gasteiger partial charge in [0.25, 0.3) is 5.91 Å². The summed E-state index contributed by atoms with van der Waals surface area (Å²) in [7, 11) is 0. The molecule has 26 heteroatoms. The summed E-state index contributed by atoms with van der Waals surface area (Å²) >= 11 is 0. The lowest BCUT2D eigenvalue weighted by molar-refractivity contribution is -0.135. The average molecular weight is 1250 g/mol. The molecule has 17 N–H and O–H groups in total. The predicted octanol–water partition coefficient (Wildman–Crippen LogP) is 3.03. The minimum Gasteiger partial charge on any atom is -0.370 e. The summed E-state index contributed by atoms with van der Waals surface area (Å²) in [5.41, 5.74) is 22.1. The average Bonchev–Trinajstić information content (AvgIpc) is 2.13. The lowest BCUT2D eigenvalue weighted by Gasteiger charge is -2.27. The molecule has 4 rings (SSSR count). The summed E-state index contributed by atoms with van der Waals surface area (Å²) in [5, 5.41) is 26.4. The molecule has 0 unspecified atom stereocenters. The Balaban J connectivity index is 1.30. The molecule has 492 valence electrons. The standard InChI is InChI=1S/C64H97N17O9/c1-4-6-8-9-10-11-12-13-14-15-16-17-21-32-55(82)69-34-25-35-70-56(83)41-74-75-42-57(84)77-50(29-7-5-2)60(87)76-44(3)59(86)80-54(38-47-40-68-43-73-47)63(90)81-53(36-45-26-19-18-20-27-45)62(89)78-51(31-24-33-71-64(66)67)61(88)79-52(58(65)85)37-46-39-72-49-30-23-22-28-48(46)49/h11-12,18-20,22-23,26-28,30,39-41,43-44,50-54,72,75H,4-10,13-17,21,24-25,29,31-38,42H2,1-3H3,(H2,65,85)(H,68,73)(H,69,82)(H,70,83)(H,76,87)(H,77,84)(H,78,89)(H,79,88)(H,80,86)(H,81,90)(H4,66,67,71)/b12-11-,74-41+/t44-,50-,51-,52-,53+,54-/m0/s1. The molecule has 0 radical (unpaired) electrons. The van der Waals surface area contributed by atoms with Gasteiger partial charge < -0.3 is 75.1 Å². The fraction of sp³-hybridized carbons (Fsp3) is 0.531. The zero-order valence-electron chi connectivity index (χ0n) is 52.5. The highest BCUT2D eigenvalue weighted by atomic mass is 16.2. The Kier molecular flexibility index (Phi) is 34.8. The second-order valence-corrected chi connectivity index (χ2v) is 22.3. The number of primary amides is 1. The highest BCUT2D eigenvalue weighted by molar-refractivity contribution is 6.26. The van der Waals surface area contributed by atoms with E-state index >= 15 is 0 Å². The number of hydrazone groups is 1. The van der Waals surface area contributed by atoms with Gasteiger partial charge in [0, 0.05) is 74.3 Å². The number of guanidine groups is 1. The van der Waals surface area contributed by atoms with Crippen LogP contribution >= 0.6 is 0 Å². The topological polar surface area (TPSA) is 409 Å². The summed E-state index contributed by atoms with van der Waals surface area (Å²) in [6, 6.07) is 8.71. The SMILES string of the molecule is CCCCCC/C=C\CCCCCCCC(=O)NCCCNC(=O)/C=N/NCC(=O)N[C@@H](CCCC)C(=O)N[C@@H](C)C(=O)N[C@@H](Cc1cnc[nH]1)C(=O)N[C@H](Cc1ccccc1)C(=O)N[C@@H](CCCN=C(N)N)C(=O)N[C@@H](Cc1c[nH]c2ccccc12)C(N)=O. The molecule has 0 fully saturated rings. The summed E-state index contributed by atoms with van der Waals surface area (Å²) < 4.78 is 0. The van der Waals surface area contributed by atoms with Crippen molar-refractivity contribution in [3.8, 4) is 0 Å².